The number of nitrogens with zero attached hydrogens (tertiary/aromatic N) is 1. The second-order valence-electron chi connectivity index (χ2n) is 7.60. The molecular formula is C22H27NO5. The molecule has 6 heteroatoms. The number of ether oxygens (including phenoxy) is 1. The summed E-state index contributed by atoms with van der Waals surface area (Å²) in [5.74, 6) is -0.0623. The first-order valence-electron chi connectivity index (χ1n) is 9.72. The monoisotopic (exact) mass is 385 g/mol. The molecule has 1 fully saturated rings. The van der Waals surface area contributed by atoms with Gasteiger partial charge in [-0.1, -0.05) is 31.2 Å². The molecule has 0 spiro atoms. The van der Waals surface area contributed by atoms with Crippen LogP contribution in [0.2, 0.25) is 0 Å². The smallest absolute Gasteiger partial charge is 0.335 e. The summed E-state index contributed by atoms with van der Waals surface area (Å²) in [4.78, 5) is 25.8. The van der Waals surface area contributed by atoms with E-state index in [-0.39, 0.29) is 29.9 Å². The number of carbonyl (C=O) groups is 2. The summed E-state index contributed by atoms with van der Waals surface area (Å²) >= 11 is 0. The van der Waals surface area contributed by atoms with E-state index in [4.69, 9.17) is 14.9 Å². The number of benzene rings is 1. The number of carbonyl (C=O) groups excluding carboxylic acids is 1. The molecule has 3 rings (SSSR count). The van der Waals surface area contributed by atoms with Gasteiger partial charge in [0.25, 0.3) is 0 Å². The number of rotatable bonds is 9. The van der Waals surface area contributed by atoms with Crippen LogP contribution in [0.25, 0.3) is 0 Å². The van der Waals surface area contributed by atoms with Crippen molar-refractivity contribution >= 4 is 11.9 Å². The number of fused-ring (bicyclic) bond motifs is 1. The summed E-state index contributed by atoms with van der Waals surface area (Å²) in [6.45, 7) is 3.88. The van der Waals surface area contributed by atoms with Gasteiger partial charge in [-0.25, -0.2) is 4.79 Å². The predicted molar refractivity (Wildman–Crippen MR) is 104 cm³/mol. The third kappa shape index (κ3) is 4.62. The van der Waals surface area contributed by atoms with Gasteiger partial charge in [-0.3, -0.25) is 4.79 Å². The van der Waals surface area contributed by atoms with Gasteiger partial charge >= 0.3 is 5.97 Å². The second kappa shape index (κ2) is 9.06. The maximum absolute atomic E-state index is 13.0. The number of hydrogen-bond donors (Lipinski definition) is 2. The van der Waals surface area contributed by atoms with E-state index in [0.717, 1.165) is 24.2 Å². The minimum Gasteiger partial charge on any atom is -0.497 e. The third-order valence-corrected chi connectivity index (χ3v) is 5.33. The molecule has 0 bridgehead atoms. The zero-order valence-corrected chi connectivity index (χ0v) is 16.1. The van der Waals surface area contributed by atoms with Gasteiger partial charge in [0.05, 0.1) is 12.2 Å². The third-order valence-electron chi connectivity index (χ3n) is 5.33. The number of aromatic carboxylic acids is 1. The summed E-state index contributed by atoms with van der Waals surface area (Å²) in [6.07, 6.45) is 7.53. The molecule has 1 saturated heterocycles. The number of hydrogen-bond acceptors (Lipinski definition) is 4. The van der Waals surface area contributed by atoms with E-state index in [2.05, 4.69) is 13.0 Å². The number of aliphatic hydroxyl groups is 1. The van der Waals surface area contributed by atoms with E-state index >= 15 is 0 Å². The minimum absolute atomic E-state index is 0.0472. The Labute approximate surface area is 165 Å². The molecule has 0 radical (unpaired) electrons. The first kappa shape index (κ1) is 20.1. The topological polar surface area (TPSA) is 87.1 Å². The molecule has 1 amide bonds. The summed E-state index contributed by atoms with van der Waals surface area (Å²) in [7, 11) is 0. The first-order chi connectivity index (χ1) is 13.5. The van der Waals surface area contributed by atoms with Crippen molar-refractivity contribution in [3.63, 3.8) is 0 Å². The molecule has 28 heavy (non-hydrogen) atoms. The lowest BCUT2D eigenvalue weighted by Gasteiger charge is -2.23. The molecule has 0 saturated carbocycles. The standard InChI is InChI=1S/C22H27NO5/c1-15(4-3-11-24)14-28-19-6-2-5-18-13-23(21(25)20(18)19)12-16-7-9-17(10-8-16)22(26)27/h2,5-10,15,18,20,24H,3-4,11-14H2,1H3,(H,26,27). The van der Waals surface area contributed by atoms with Crippen LogP contribution in [0.3, 0.4) is 0 Å². The molecule has 6 nitrogen and oxygen atoms in total. The van der Waals surface area contributed by atoms with Crippen molar-refractivity contribution in [1.82, 2.24) is 4.90 Å². The number of allylic oxidation sites excluding steroid dienone is 2. The van der Waals surface area contributed by atoms with Crippen LogP contribution >= 0.6 is 0 Å². The molecule has 0 aromatic heterocycles. The van der Waals surface area contributed by atoms with E-state index in [0.29, 0.717) is 25.6 Å². The molecule has 1 aromatic rings. The number of likely N-dealkylation sites (tertiary alicyclic amines) is 1. The molecule has 2 N–H and O–H groups in total. The van der Waals surface area contributed by atoms with Gasteiger partial charge in [0, 0.05) is 25.6 Å². The number of carboxylic acids is 1. The predicted octanol–water partition coefficient (Wildman–Crippen LogP) is 2.84. The van der Waals surface area contributed by atoms with E-state index in [1.54, 1.807) is 24.3 Å². The van der Waals surface area contributed by atoms with Gasteiger partial charge in [-0.15, -0.1) is 0 Å². The van der Waals surface area contributed by atoms with Crippen molar-refractivity contribution in [2.24, 2.45) is 17.8 Å². The zero-order chi connectivity index (χ0) is 20.1. The maximum Gasteiger partial charge on any atom is 0.335 e. The van der Waals surface area contributed by atoms with Gasteiger partial charge in [0.15, 0.2) is 0 Å². The van der Waals surface area contributed by atoms with Crippen molar-refractivity contribution in [2.45, 2.75) is 26.3 Å². The van der Waals surface area contributed by atoms with Gasteiger partial charge in [0.1, 0.15) is 11.7 Å². The molecule has 2 aliphatic rings. The molecule has 150 valence electrons. The van der Waals surface area contributed by atoms with Gasteiger partial charge in [0.2, 0.25) is 5.91 Å². The van der Waals surface area contributed by atoms with E-state index in [1.807, 2.05) is 17.1 Å². The molecule has 1 aromatic carbocycles. The van der Waals surface area contributed by atoms with Crippen LogP contribution in [0.15, 0.2) is 48.3 Å². The largest absolute Gasteiger partial charge is 0.497 e. The van der Waals surface area contributed by atoms with Crippen LogP contribution in [-0.4, -0.2) is 46.7 Å². The summed E-state index contributed by atoms with van der Waals surface area (Å²) in [6, 6.07) is 6.63. The summed E-state index contributed by atoms with van der Waals surface area (Å²) < 4.78 is 5.98. The summed E-state index contributed by atoms with van der Waals surface area (Å²) in [5, 5.41) is 17.9. The van der Waals surface area contributed by atoms with E-state index < -0.39 is 5.97 Å². The Kier molecular flexibility index (Phi) is 6.52. The highest BCUT2D eigenvalue weighted by Crippen LogP contribution is 2.36. The average Bonchev–Trinajstić information content (AvgIpc) is 3.01. The lowest BCUT2D eigenvalue weighted by Crippen LogP contribution is -2.28. The first-order valence-corrected chi connectivity index (χ1v) is 9.72. The number of aliphatic hydroxyl groups excluding tert-OH is 1. The number of carboxylic acid groups (broad SMARTS) is 1. The Morgan fingerprint density at radius 3 is 2.75 bits per heavy atom. The van der Waals surface area contributed by atoms with Crippen molar-refractivity contribution < 1.29 is 24.5 Å². The van der Waals surface area contributed by atoms with Gasteiger partial charge < -0.3 is 19.8 Å². The maximum atomic E-state index is 13.0. The Hall–Kier alpha value is -2.60. The van der Waals surface area contributed by atoms with Crippen LogP contribution in [0.5, 0.6) is 0 Å². The van der Waals surface area contributed by atoms with Gasteiger partial charge in [-0.2, -0.15) is 0 Å². The Balaban J connectivity index is 1.61. The second-order valence-corrected chi connectivity index (χ2v) is 7.60. The van der Waals surface area contributed by atoms with Crippen LogP contribution in [0.4, 0.5) is 0 Å². The quantitative estimate of drug-likeness (QED) is 0.683. The van der Waals surface area contributed by atoms with Gasteiger partial charge in [-0.05, 0) is 42.5 Å². The lowest BCUT2D eigenvalue weighted by molar-refractivity contribution is -0.131. The van der Waals surface area contributed by atoms with Crippen LogP contribution in [0.1, 0.15) is 35.7 Å². The Morgan fingerprint density at radius 2 is 2.07 bits per heavy atom. The molecule has 3 unspecified atom stereocenters. The van der Waals surface area contributed by atoms with Crippen molar-refractivity contribution in [1.29, 1.82) is 0 Å². The highest BCUT2D eigenvalue weighted by molar-refractivity contribution is 5.87. The molecular weight excluding hydrogens is 358 g/mol. The van der Waals surface area contributed by atoms with Crippen molar-refractivity contribution in [3.05, 3.63) is 59.4 Å². The normalized spacial score (nSPS) is 22.0. The summed E-state index contributed by atoms with van der Waals surface area (Å²) in [5.41, 5.74) is 1.15. The minimum atomic E-state index is -0.958. The average molecular weight is 385 g/mol. The van der Waals surface area contributed by atoms with Crippen LogP contribution in [0, 0.1) is 17.8 Å². The van der Waals surface area contributed by atoms with E-state index in [9.17, 15) is 9.59 Å². The Bertz CT molecular complexity index is 768. The Morgan fingerprint density at radius 1 is 1.32 bits per heavy atom. The van der Waals surface area contributed by atoms with E-state index in [1.165, 1.54) is 0 Å². The fourth-order valence-corrected chi connectivity index (χ4v) is 3.75. The fraction of sp³-hybridized carbons (Fsp3) is 0.455. The molecule has 1 aliphatic carbocycles. The molecule has 1 heterocycles. The lowest BCUT2D eigenvalue weighted by atomic mass is 9.89. The SMILES string of the molecule is CC(CCCO)COC1=CC=CC2CN(Cc3ccc(C(=O)O)cc3)C(=O)C12. The molecule has 1 aliphatic heterocycles. The highest BCUT2D eigenvalue weighted by Gasteiger charge is 2.43. The van der Waals surface area contributed by atoms with Crippen LogP contribution < -0.4 is 0 Å². The highest BCUT2D eigenvalue weighted by atomic mass is 16.5. The fourth-order valence-electron chi connectivity index (χ4n) is 3.75. The molecule has 3 atom stereocenters. The van der Waals surface area contributed by atoms with Crippen molar-refractivity contribution in [3.8, 4) is 0 Å². The zero-order valence-electron chi connectivity index (χ0n) is 16.1. The van der Waals surface area contributed by atoms with Crippen molar-refractivity contribution in [2.75, 3.05) is 19.8 Å². The van der Waals surface area contributed by atoms with Crippen LogP contribution in [-0.2, 0) is 16.1 Å². The number of amides is 1.